The van der Waals surface area contributed by atoms with Crippen molar-refractivity contribution in [3.8, 4) is 11.3 Å². The Labute approximate surface area is 185 Å². The summed E-state index contributed by atoms with van der Waals surface area (Å²) in [7, 11) is -3.07. The monoisotopic (exact) mass is 456 g/mol. The maximum atomic E-state index is 13.2. The van der Waals surface area contributed by atoms with Crippen molar-refractivity contribution in [3.63, 3.8) is 0 Å². The molecule has 2 aliphatic rings. The molecule has 0 bridgehead atoms. The molecule has 2 saturated heterocycles. The number of hydrogen-bond acceptors (Lipinski definition) is 7. The second-order valence-electron chi connectivity index (χ2n) is 8.19. The van der Waals surface area contributed by atoms with E-state index in [-0.39, 0.29) is 23.5 Å². The van der Waals surface area contributed by atoms with Crippen LogP contribution in [0.4, 0.5) is 5.13 Å². The van der Waals surface area contributed by atoms with Crippen molar-refractivity contribution < 1.29 is 13.2 Å². The summed E-state index contributed by atoms with van der Waals surface area (Å²) in [6, 6.07) is 11.2. The number of sulfone groups is 1. The number of nitrogens with one attached hydrogen (secondary N) is 1. The molecule has 0 radical (unpaired) electrons. The summed E-state index contributed by atoms with van der Waals surface area (Å²) in [5.41, 5.74) is 2.67. The third-order valence-electron chi connectivity index (χ3n) is 5.86. The summed E-state index contributed by atoms with van der Waals surface area (Å²) in [5.74, 6) is -0.140. The van der Waals surface area contributed by atoms with Crippen LogP contribution in [0.15, 0.2) is 36.4 Å². The summed E-state index contributed by atoms with van der Waals surface area (Å²) < 4.78 is 24.4. The molecule has 2 aliphatic heterocycles. The Bertz CT molecular complexity index is 1220. The van der Waals surface area contributed by atoms with E-state index < -0.39 is 9.84 Å². The van der Waals surface area contributed by atoms with Crippen molar-refractivity contribution in [2.45, 2.75) is 31.7 Å². The molecule has 7 nitrogen and oxygen atoms in total. The molecule has 4 heterocycles. The molecule has 31 heavy (non-hydrogen) atoms. The van der Waals surface area contributed by atoms with Gasteiger partial charge in [0.2, 0.25) is 0 Å². The number of nitrogens with zero attached hydrogens (tertiary/aromatic N) is 3. The van der Waals surface area contributed by atoms with Gasteiger partial charge in [-0.05, 0) is 31.7 Å². The topological polar surface area (TPSA) is 92.3 Å². The molecule has 0 spiro atoms. The van der Waals surface area contributed by atoms with Crippen LogP contribution in [0, 0.1) is 0 Å². The number of carbonyl (C=O) groups is 1. The lowest BCUT2D eigenvalue weighted by Gasteiger charge is -2.25. The Morgan fingerprint density at radius 3 is 2.58 bits per heavy atom. The second kappa shape index (κ2) is 8.20. The van der Waals surface area contributed by atoms with Crippen molar-refractivity contribution >= 4 is 42.6 Å². The number of amides is 1. The molecule has 0 aliphatic carbocycles. The molecule has 5 rings (SSSR count). The van der Waals surface area contributed by atoms with Crippen LogP contribution in [0.2, 0.25) is 0 Å². The SMILES string of the molecule is O=C(NC1CCS(=O)(=O)C1)c1cc(-c2ccccc2)nc2nc(N3CCCCC3)sc12. The van der Waals surface area contributed by atoms with Crippen molar-refractivity contribution in [3.05, 3.63) is 42.0 Å². The van der Waals surface area contributed by atoms with Gasteiger partial charge in [0, 0.05) is 24.7 Å². The Morgan fingerprint density at radius 1 is 1.10 bits per heavy atom. The van der Waals surface area contributed by atoms with E-state index in [0.717, 1.165) is 41.3 Å². The molecule has 1 atom stereocenters. The second-order valence-corrected chi connectivity index (χ2v) is 11.4. The predicted molar refractivity (Wildman–Crippen MR) is 123 cm³/mol. The van der Waals surface area contributed by atoms with Gasteiger partial charge in [-0.15, -0.1) is 0 Å². The van der Waals surface area contributed by atoms with Crippen LogP contribution in [0.3, 0.4) is 0 Å². The maximum Gasteiger partial charge on any atom is 0.253 e. The van der Waals surface area contributed by atoms with Crippen LogP contribution in [0.25, 0.3) is 21.6 Å². The highest BCUT2D eigenvalue weighted by molar-refractivity contribution is 7.91. The Kier molecular flexibility index (Phi) is 5.39. The third kappa shape index (κ3) is 4.29. The van der Waals surface area contributed by atoms with Crippen LogP contribution in [0.5, 0.6) is 0 Å². The minimum absolute atomic E-state index is 0.000225. The Balaban J connectivity index is 1.55. The van der Waals surface area contributed by atoms with Gasteiger partial charge in [0.15, 0.2) is 20.6 Å². The van der Waals surface area contributed by atoms with Crippen LogP contribution in [-0.4, -0.2) is 54.9 Å². The lowest BCUT2D eigenvalue weighted by atomic mass is 10.1. The number of carbonyl (C=O) groups excluding carboxylic acids is 1. The highest BCUT2D eigenvalue weighted by Gasteiger charge is 2.30. The summed E-state index contributed by atoms with van der Waals surface area (Å²) in [5, 5.41) is 3.82. The van der Waals surface area contributed by atoms with Crippen LogP contribution in [0.1, 0.15) is 36.0 Å². The van der Waals surface area contributed by atoms with Crippen molar-refractivity contribution in [1.29, 1.82) is 0 Å². The molecule has 3 aromatic rings. The number of aromatic nitrogens is 2. The number of pyridine rings is 1. The van der Waals surface area contributed by atoms with Gasteiger partial charge in [-0.3, -0.25) is 4.79 Å². The minimum Gasteiger partial charge on any atom is -0.348 e. The minimum atomic E-state index is -3.07. The summed E-state index contributed by atoms with van der Waals surface area (Å²) in [6.45, 7) is 1.93. The summed E-state index contributed by atoms with van der Waals surface area (Å²) >= 11 is 1.49. The highest BCUT2D eigenvalue weighted by Crippen LogP contribution is 2.34. The molecule has 2 aromatic heterocycles. The molecule has 1 aromatic carbocycles. The smallest absolute Gasteiger partial charge is 0.253 e. The zero-order valence-corrected chi connectivity index (χ0v) is 18.7. The van der Waals surface area contributed by atoms with Crippen molar-refractivity contribution in [2.75, 3.05) is 29.5 Å². The lowest BCUT2D eigenvalue weighted by Crippen LogP contribution is -2.35. The molecular weight excluding hydrogens is 432 g/mol. The Hall–Kier alpha value is -2.52. The van der Waals surface area contributed by atoms with E-state index in [1.807, 2.05) is 30.3 Å². The molecule has 1 amide bonds. The maximum absolute atomic E-state index is 13.2. The van der Waals surface area contributed by atoms with E-state index >= 15 is 0 Å². The van der Waals surface area contributed by atoms with Gasteiger partial charge in [0.1, 0.15) is 0 Å². The van der Waals surface area contributed by atoms with Crippen LogP contribution < -0.4 is 10.2 Å². The van der Waals surface area contributed by atoms with E-state index in [1.165, 1.54) is 17.8 Å². The standard InChI is InChI=1S/C22H24N4O3S2/c27-21(23-16-9-12-31(28,29)14-16)17-13-18(15-7-3-1-4-8-15)24-20-19(17)30-22(25-20)26-10-5-2-6-11-26/h1,3-4,7-8,13,16H,2,5-6,9-12,14H2,(H,23,27). The number of hydrogen-bond donors (Lipinski definition) is 1. The average molecular weight is 457 g/mol. The first-order valence-electron chi connectivity index (χ1n) is 10.6. The number of thiazole rings is 1. The first-order chi connectivity index (χ1) is 15.0. The van der Waals surface area contributed by atoms with E-state index in [2.05, 4.69) is 10.2 Å². The zero-order valence-electron chi connectivity index (χ0n) is 17.1. The lowest BCUT2D eigenvalue weighted by molar-refractivity contribution is 0.0943. The molecule has 9 heteroatoms. The fraction of sp³-hybridized carbons (Fsp3) is 0.409. The molecule has 1 N–H and O–H groups in total. The number of rotatable bonds is 4. The number of anilines is 1. The van der Waals surface area contributed by atoms with E-state index in [9.17, 15) is 13.2 Å². The van der Waals surface area contributed by atoms with Gasteiger partial charge in [-0.2, -0.15) is 4.98 Å². The van der Waals surface area contributed by atoms with Gasteiger partial charge in [-0.1, -0.05) is 41.7 Å². The van der Waals surface area contributed by atoms with Gasteiger partial charge >= 0.3 is 0 Å². The van der Waals surface area contributed by atoms with Gasteiger partial charge < -0.3 is 10.2 Å². The van der Waals surface area contributed by atoms with E-state index in [0.29, 0.717) is 23.3 Å². The quantitative estimate of drug-likeness (QED) is 0.648. The number of piperidine rings is 1. The van der Waals surface area contributed by atoms with Crippen LogP contribution in [-0.2, 0) is 9.84 Å². The molecule has 1 unspecified atom stereocenters. The fourth-order valence-corrected chi connectivity index (χ4v) is 6.96. The van der Waals surface area contributed by atoms with Crippen molar-refractivity contribution in [2.24, 2.45) is 0 Å². The Morgan fingerprint density at radius 2 is 1.87 bits per heavy atom. The van der Waals surface area contributed by atoms with Gasteiger partial charge in [-0.25, -0.2) is 13.4 Å². The van der Waals surface area contributed by atoms with Crippen molar-refractivity contribution in [1.82, 2.24) is 15.3 Å². The number of benzene rings is 1. The predicted octanol–water partition coefficient (Wildman–Crippen LogP) is 3.27. The van der Waals surface area contributed by atoms with Gasteiger partial charge in [0.05, 0.1) is 27.5 Å². The van der Waals surface area contributed by atoms with Gasteiger partial charge in [0.25, 0.3) is 5.91 Å². The normalized spacial score (nSPS) is 20.8. The van der Waals surface area contributed by atoms with E-state index in [4.69, 9.17) is 9.97 Å². The third-order valence-corrected chi connectivity index (χ3v) is 8.77. The summed E-state index contributed by atoms with van der Waals surface area (Å²) in [6.07, 6.45) is 3.97. The van der Waals surface area contributed by atoms with E-state index in [1.54, 1.807) is 6.07 Å². The average Bonchev–Trinajstić information content (AvgIpc) is 3.36. The van der Waals surface area contributed by atoms with Crippen LogP contribution >= 0.6 is 11.3 Å². The first kappa shape index (κ1) is 20.4. The zero-order chi connectivity index (χ0) is 21.4. The highest BCUT2D eigenvalue weighted by atomic mass is 32.2. The molecule has 0 saturated carbocycles. The molecule has 162 valence electrons. The summed E-state index contributed by atoms with van der Waals surface area (Å²) in [4.78, 5) is 25.0. The fourth-order valence-electron chi connectivity index (χ4n) is 4.22. The molecule has 2 fully saturated rings. The number of fused-ring (bicyclic) bond motifs is 1. The first-order valence-corrected chi connectivity index (χ1v) is 13.3. The molecular formula is C22H24N4O3S2. The largest absolute Gasteiger partial charge is 0.348 e.